The van der Waals surface area contributed by atoms with Gasteiger partial charge in [0.25, 0.3) is 0 Å². The van der Waals surface area contributed by atoms with Gasteiger partial charge in [-0.3, -0.25) is 0 Å². The van der Waals surface area contributed by atoms with Crippen molar-refractivity contribution in [2.24, 2.45) is 0 Å². The molecule has 0 spiro atoms. The zero-order chi connectivity index (χ0) is 23.2. The third-order valence-electron chi connectivity index (χ3n) is 7.92. The Morgan fingerprint density at radius 2 is 1.76 bits per heavy atom. The van der Waals surface area contributed by atoms with E-state index in [1.54, 1.807) is 0 Å². The van der Waals surface area contributed by atoms with Gasteiger partial charge >= 0.3 is 0 Å². The van der Waals surface area contributed by atoms with Gasteiger partial charge in [-0.2, -0.15) is 5.26 Å². The third-order valence-corrected chi connectivity index (χ3v) is 7.92. The average Bonchev–Trinajstić information content (AvgIpc) is 3.81. The molecule has 1 aromatic carbocycles. The first-order chi connectivity index (χ1) is 16.6. The fourth-order valence-corrected chi connectivity index (χ4v) is 5.54. The molecule has 4 aliphatic rings. The molecule has 5 nitrogen and oxygen atoms in total. The topological polar surface area (TPSA) is 46.4 Å². The first-order valence-corrected chi connectivity index (χ1v) is 12.8. The van der Waals surface area contributed by atoms with Gasteiger partial charge in [0.15, 0.2) is 0 Å². The minimum atomic E-state index is 0.693. The number of rotatable bonds is 6. The number of allylic oxidation sites excluding steroid dienone is 1. The average molecular weight is 452 g/mol. The van der Waals surface area contributed by atoms with E-state index in [1.807, 2.05) is 6.07 Å². The van der Waals surface area contributed by atoms with E-state index in [0.717, 1.165) is 74.1 Å². The van der Waals surface area contributed by atoms with Gasteiger partial charge in [0.1, 0.15) is 5.82 Å². The number of hydrogen-bond acceptors (Lipinski definition) is 5. The largest absolute Gasteiger partial charge is 0.368 e. The highest BCUT2D eigenvalue weighted by Gasteiger charge is 2.33. The number of aromatic nitrogens is 1. The Balaban J connectivity index is 1.16. The van der Waals surface area contributed by atoms with Crippen LogP contribution in [-0.4, -0.2) is 42.6 Å². The Kier molecular flexibility index (Phi) is 5.32. The van der Waals surface area contributed by atoms with Crippen LogP contribution >= 0.6 is 0 Å². The molecule has 3 heterocycles. The quantitative estimate of drug-likeness (QED) is 0.571. The normalized spacial score (nSPS) is 20.6. The highest BCUT2D eigenvalue weighted by Crippen LogP contribution is 2.47. The molecule has 2 aromatic rings. The lowest BCUT2D eigenvalue weighted by Gasteiger charge is -2.38. The molecule has 6 rings (SSSR count). The molecule has 0 atom stereocenters. The van der Waals surface area contributed by atoms with Gasteiger partial charge in [-0.15, -0.1) is 0 Å². The van der Waals surface area contributed by atoms with Crippen molar-refractivity contribution >= 4 is 17.2 Å². The van der Waals surface area contributed by atoms with Gasteiger partial charge in [-0.25, -0.2) is 4.98 Å². The molecule has 0 radical (unpaired) electrons. The maximum atomic E-state index is 9.88. The predicted octanol–water partition coefficient (Wildman–Crippen LogP) is 5.61. The monoisotopic (exact) mass is 451 g/mol. The van der Waals surface area contributed by atoms with Crippen molar-refractivity contribution in [2.45, 2.75) is 50.4 Å². The Morgan fingerprint density at radius 3 is 2.41 bits per heavy atom. The maximum absolute atomic E-state index is 9.88. The minimum absolute atomic E-state index is 0.693. The molecule has 2 aliphatic carbocycles. The number of hydrogen-bond donors (Lipinski definition) is 0. The van der Waals surface area contributed by atoms with Crippen molar-refractivity contribution in [1.29, 1.82) is 5.26 Å². The van der Waals surface area contributed by atoms with Crippen LogP contribution in [0.5, 0.6) is 0 Å². The summed E-state index contributed by atoms with van der Waals surface area (Å²) in [5.74, 6) is 2.66. The van der Waals surface area contributed by atoms with E-state index in [4.69, 9.17) is 4.98 Å². The van der Waals surface area contributed by atoms with Crippen LogP contribution in [0.15, 0.2) is 49.3 Å². The molecule has 34 heavy (non-hydrogen) atoms. The second kappa shape index (κ2) is 8.51. The summed E-state index contributed by atoms with van der Waals surface area (Å²) >= 11 is 0. The molecule has 4 fully saturated rings. The molecule has 0 N–H and O–H groups in total. The lowest BCUT2D eigenvalue weighted by molar-refractivity contribution is 0.366. The van der Waals surface area contributed by atoms with E-state index in [0.29, 0.717) is 11.5 Å². The first-order valence-electron chi connectivity index (χ1n) is 12.8. The van der Waals surface area contributed by atoms with Gasteiger partial charge in [0, 0.05) is 61.6 Å². The number of piperazine rings is 1. The molecule has 0 amide bonds. The smallest absolute Gasteiger partial charge is 0.132 e. The molecule has 0 unspecified atom stereocenters. The lowest BCUT2D eigenvalue weighted by Crippen LogP contribution is -2.46. The van der Waals surface area contributed by atoms with Crippen molar-refractivity contribution < 1.29 is 0 Å². The van der Waals surface area contributed by atoms with Crippen LogP contribution in [0.2, 0.25) is 0 Å². The number of nitriles is 1. The molecule has 2 saturated carbocycles. The number of pyridine rings is 1. The van der Waals surface area contributed by atoms with Crippen molar-refractivity contribution in [2.75, 3.05) is 42.5 Å². The van der Waals surface area contributed by atoms with E-state index in [-0.39, 0.29) is 0 Å². The zero-order valence-electron chi connectivity index (χ0n) is 20.0. The van der Waals surface area contributed by atoms with E-state index in [1.165, 1.54) is 42.6 Å². The first kappa shape index (κ1) is 21.3. The number of anilines is 2. The van der Waals surface area contributed by atoms with Crippen LogP contribution in [-0.2, 0) is 0 Å². The van der Waals surface area contributed by atoms with E-state index in [9.17, 15) is 5.26 Å². The summed E-state index contributed by atoms with van der Waals surface area (Å²) in [4.78, 5) is 12.0. The minimum Gasteiger partial charge on any atom is -0.368 e. The number of nitrogens with zero attached hydrogens (tertiary/aromatic N) is 5. The van der Waals surface area contributed by atoms with Crippen molar-refractivity contribution in [3.63, 3.8) is 0 Å². The summed E-state index contributed by atoms with van der Waals surface area (Å²) in [5.41, 5.74) is 7.70. The summed E-state index contributed by atoms with van der Waals surface area (Å²) in [5, 5.41) is 9.88. The van der Waals surface area contributed by atoms with E-state index >= 15 is 0 Å². The van der Waals surface area contributed by atoms with Gasteiger partial charge < -0.3 is 14.7 Å². The molecule has 5 heteroatoms. The summed E-state index contributed by atoms with van der Waals surface area (Å²) in [6, 6.07) is 11.0. The van der Waals surface area contributed by atoms with E-state index in [2.05, 4.69) is 58.3 Å². The number of benzene rings is 1. The second-order valence-electron chi connectivity index (χ2n) is 10.3. The fraction of sp³-hybridized carbons (Fsp3) is 0.448. The fourth-order valence-electron chi connectivity index (χ4n) is 5.54. The summed E-state index contributed by atoms with van der Waals surface area (Å²) < 4.78 is 0. The van der Waals surface area contributed by atoms with Gasteiger partial charge in [-0.1, -0.05) is 19.2 Å². The van der Waals surface area contributed by atoms with Gasteiger partial charge in [0.2, 0.25) is 0 Å². The third kappa shape index (κ3) is 3.96. The van der Waals surface area contributed by atoms with Crippen LogP contribution in [0.4, 0.5) is 11.5 Å². The molecule has 2 aliphatic heterocycles. The molecule has 0 bridgehead atoms. The Morgan fingerprint density at radius 1 is 1.00 bits per heavy atom. The predicted molar refractivity (Wildman–Crippen MR) is 138 cm³/mol. The summed E-state index contributed by atoms with van der Waals surface area (Å²) in [7, 11) is 0. The molecular formula is C29H33N5. The maximum Gasteiger partial charge on any atom is 0.132 e. The molecular weight excluding hydrogens is 418 g/mol. The van der Waals surface area contributed by atoms with E-state index < -0.39 is 0 Å². The Hall–Kier alpha value is -3.26. The van der Waals surface area contributed by atoms with Crippen LogP contribution in [0.1, 0.15) is 72.6 Å². The molecule has 174 valence electrons. The summed E-state index contributed by atoms with van der Waals surface area (Å²) in [6.45, 7) is 13.2. The highest BCUT2D eigenvalue weighted by atomic mass is 15.3. The standard InChI is InChI=1S/C29H33N5/c1-20-4-3-11-34(20)26-9-10-27(24(16-26)18-30)21(2)32-12-14-33(15-13-32)29-28(23-7-8-23)17-25(19-31-29)22-5-6-22/h9-10,16-17,19,22-23H,1-8,11-15H2. The van der Waals surface area contributed by atoms with Crippen molar-refractivity contribution in [1.82, 2.24) is 9.88 Å². The zero-order valence-corrected chi connectivity index (χ0v) is 20.0. The Bertz CT molecular complexity index is 1180. The SMILES string of the molecule is C=C(c1ccc(N2CCCC2=C)cc1C#N)N1CCN(c2ncc(C3CC3)cc2C2CC2)CC1. The van der Waals surface area contributed by atoms with Crippen LogP contribution in [0.3, 0.4) is 0 Å². The van der Waals surface area contributed by atoms with Crippen molar-refractivity contribution in [3.8, 4) is 6.07 Å². The summed E-state index contributed by atoms with van der Waals surface area (Å²) in [6.07, 6.45) is 9.53. The van der Waals surface area contributed by atoms with Gasteiger partial charge in [0.05, 0.1) is 11.6 Å². The second-order valence-corrected chi connectivity index (χ2v) is 10.3. The molecule has 1 aromatic heterocycles. The Labute approximate surface area is 203 Å². The lowest BCUT2D eigenvalue weighted by atomic mass is 10.0. The van der Waals surface area contributed by atoms with Gasteiger partial charge in [-0.05, 0) is 79.7 Å². The van der Waals surface area contributed by atoms with Crippen LogP contribution in [0.25, 0.3) is 5.70 Å². The molecule has 2 saturated heterocycles. The van der Waals surface area contributed by atoms with Crippen molar-refractivity contribution in [3.05, 3.63) is 71.6 Å². The van der Waals surface area contributed by atoms with Crippen LogP contribution in [0, 0.1) is 11.3 Å². The van der Waals surface area contributed by atoms with Crippen LogP contribution < -0.4 is 9.80 Å². The highest BCUT2D eigenvalue weighted by molar-refractivity contribution is 5.72.